The lowest BCUT2D eigenvalue weighted by molar-refractivity contribution is -0.129. The van der Waals surface area contributed by atoms with E-state index in [2.05, 4.69) is 20.6 Å². The summed E-state index contributed by atoms with van der Waals surface area (Å²) in [5, 5.41) is 11.3. The van der Waals surface area contributed by atoms with E-state index in [0.29, 0.717) is 39.2 Å². The molecule has 2 N–H and O–H groups in total. The SMILES string of the molecule is CN1CCN(c2cc(-c3ccc[nH]c3=O)ccc2-n2cc(CNC(=O)c3ccc(Cl)s3)nn2)CC1=O. The van der Waals surface area contributed by atoms with Crippen molar-refractivity contribution in [2.45, 2.75) is 6.54 Å². The van der Waals surface area contributed by atoms with Crippen LogP contribution in [0.15, 0.2) is 59.7 Å². The first-order chi connectivity index (χ1) is 17.4. The maximum Gasteiger partial charge on any atom is 0.261 e. The lowest BCUT2D eigenvalue weighted by Crippen LogP contribution is -2.48. The molecule has 0 unspecified atom stereocenters. The van der Waals surface area contributed by atoms with Crippen LogP contribution < -0.4 is 15.8 Å². The van der Waals surface area contributed by atoms with Gasteiger partial charge in [0, 0.05) is 31.9 Å². The standard InChI is InChI=1S/C24H22ClN7O3S/c1-30-9-10-31(14-22(30)33)19-11-15(17-3-2-8-26-23(17)34)4-5-18(19)32-13-16(28-29-32)12-27-24(35)20-6-7-21(25)36-20/h2-8,11,13H,9-10,12,14H2,1H3,(H,26,34)(H,27,35). The summed E-state index contributed by atoms with van der Waals surface area (Å²) in [6, 6.07) is 12.4. The Kier molecular flexibility index (Phi) is 6.57. The molecule has 5 rings (SSSR count). The summed E-state index contributed by atoms with van der Waals surface area (Å²) in [5.74, 6) is -0.235. The number of carbonyl (C=O) groups is 2. The van der Waals surface area contributed by atoms with Gasteiger partial charge in [-0.15, -0.1) is 16.4 Å². The van der Waals surface area contributed by atoms with Gasteiger partial charge in [-0.2, -0.15) is 0 Å². The Bertz CT molecular complexity index is 1490. The van der Waals surface area contributed by atoms with Gasteiger partial charge in [-0.05, 0) is 42.0 Å². The van der Waals surface area contributed by atoms with Gasteiger partial charge in [0.1, 0.15) is 5.69 Å². The van der Waals surface area contributed by atoms with Gasteiger partial charge in [0.2, 0.25) is 5.91 Å². The predicted molar refractivity (Wildman–Crippen MR) is 138 cm³/mol. The zero-order valence-corrected chi connectivity index (χ0v) is 20.8. The van der Waals surface area contributed by atoms with Gasteiger partial charge in [-0.3, -0.25) is 14.4 Å². The lowest BCUT2D eigenvalue weighted by atomic mass is 10.0. The fraction of sp³-hybridized carbons (Fsp3) is 0.208. The molecule has 12 heteroatoms. The molecule has 1 aliphatic heterocycles. The van der Waals surface area contributed by atoms with Crippen LogP contribution in [0, 0.1) is 0 Å². The van der Waals surface area contributed by atoms with Crippen LogP contribution in [0.3, 0.4) is 0 Å². The molecular formula is C24H22ClN7O3S. The molecule has 36 heavy (non-hydrogen) atoms. The van der Waals surface area contributed by atoms with Gasteiger partial charge >= 0.3 is 0 Å². The van der Waals surface area contributed by atoms with E-state index in [-0.39, 0.29) is 30.5 Å². The number of carbonyl (C=O) groups excluding carboxylic acids is 2. The molecule has 1 aromatic carbocycles. The first-order valence-corrected chi connectivity index (χ1v) is 12.3. The third kappa shape index (κ3) is 4.88. The van der Waals surface area contributed by atoms with Crippen LogP contribution in [0.2, 0.25) is 4.34 Å². The van der Waals surface area contributed by atoms with Crippen molar-refractivity contribution in [1.29, 1.82) is 0 Å². The first-order valence-electron chi connectivity index (χ1n) is 11.2. The summed E-state index contributed by atoms with van der Waals surface area (Å²) in [6.45, 7) is 1.61. The first kappa shape index (κ1) is 23.8. The summed E-state index contributed by atoms with van der Waals surface area (Å²) in [4.78, 5) is 44.1. The maximum atomic E-state index is 12.5. The van der Waals surface area contributed by atoms with Crippen molar-refractivity contribution >= 4 is 40.4 Å². The van der Waals surface area contributed by atoms with Gasteiger partial charge in [0.05, 0.1) is 39.9 Å². The smallest absolute Gasteiger partial charge is 0.261 e. The number of aromatic amines is 1. The van der Waals surface area contributed by atoms with Gasteiger partial charge in [-0.1, -0.05) is 22.9 Å². The number of nitrogens with zero attached hydrogens (tertiary/aromatic N) is 5. The monoisotopic (exact) mass is 523 g/mol. The number of piperazine rings is 1. The zero-order chi connectivity index (χ0) is 25.2. The number of hydrogen-bond donors (Lipinski definition) is 2. The van der Waals surface area contributed by atoms with Crippen molar-refractivity contribution in [1.82, 2.24) is 30.2 Å². The Labute approximate surface area is 215 Å². The highest BCUT2D eigenvalue weighted by atomic mass is 35.5. The van der Waals surface area contributed by atoms with Crippen LogP contribution in [-0.2, 0) is 11.3 Å². The molecule has 0 spiro atoms. The molecule has 0 bridgehead atoms. The van der Waals surface area contributed by atoms with E-state index in [9.17, 15) is 14.4 Å². The van der Waals surface area contributed by atoms with Crippen molar-refractivity contribution in [3.8, 4) is 16.8 Å². The summed E-state index contributed by atoms with van der Waals surface area (Å²) in [5.41, 5.74) is 3.08. The normalized spacial score (nSPS) is 13.8. The van der Waals surface area contributed by atoms with E-state index in [1.165, 1.54) is 11.3 Å². The minimum Gasteiger partial charge on any atom is -0.359 e. The van der Waals surface area contributed by atoms with Crippen LogP contribution in [0.4, 0.5) is 5.69 Å². The number of aromatic nitrogens is 4. The topological polar surface area (TPSA) is 116 Å². The van der Waals surface area contributed by atoms with Gasteiger partial charge in [-0.25, -0.2) is 4.68 Å². The van der Waals surface area contributed by atoms with Gasteiger partial charge in [0.15, 0.2) is 0 Å². The van der Waals surface area contributed by atoms with Crippen molar-refractivity contribution in [2.24, 2.45) is 0 Å². The van der Waals surface area contributed by atoms with E-state index in [1.807, 2.05) is 23.1 Å². The van der Waals surface area contributed by atoms with Crippen LogP contribution >= 0.6 is 22.9 Å². The summed E-state index contributed by atoms with van der Waals surface area (Å²) in [6.07, 6.45) is 3.32. The van der Waals surface area contributed by atoms with Crippen molar-refractivity contribution in [2.75, 3.05) is 31.6 Å². The largest absolute Gasteiger partial charge is 0.359 e. The zero-order valence-electron chi connectivity index (χ0n) is 19.3. The lowest BCUT2D eigenvalue weighted by Gasteiger charge is -2.34. The molecule has 2 amide bonds. The van der Waals surface area contributed by atoms with Crippen LogP contribution in [-0.4, -0.2) is 63.4 Å². The number of anilines is 1. The van der Waals surface area contributed by atoms with E-state index in [4.69, 9.17) is 11.6 Å². The molecule has 184 valence electrons. The van der Waals surface area contributed by atoms with Crippen LogP contribution in [0.25, 0.3) is 16.8 Å². The Morgan fingerprint density at radius 1 is 1.17 bits per heavy atom. The number of thiophene rings is 1. The molecular weight excluding hydrogens is 502 g/mol. The second-order valence-electron chi connectivity index (χ2n) is 8.29. The average molecular weight is 524 g/mol. The number of amides is 2. The quantitative estimate of drug-likeness (QED) is 0.401. The van der Waals surface area contributed by atoms with Crippen LogP contribution in [0.5, 0.6) is 0 Å². The maximum absolute atomic E-state index is 12.5. The number of nitrogens with one attached hydrogen (secondary N) is 2. The van der Waals surface area contributed by atoms with E-state index < -0.39 is 0 Å². The summed E-state index contributed by atoms with van der Waals surface area (Å²) >= 11 is 7.12. The van der Waals surface area contributed by atoms with Gasteiger partial charge < -0.3 is 20.1 Å². The highest BCUT2D eigenvalue weighted by Gasteiger charge is 2.24. The fourth-order valence-electron chi connectivity index (χ4n) is 3.94. The molecule has 4 heterocycles. The fourth-order valence-corrected chi connectivity index (χ4v) is 4.90. The molecule has 4 aromatic rings. The highest BCUT2D eigenvalue weighted by Crippen LogP contribution is 2.30. The number of pyridine rings is 1. The molecule has 0 radical (unpaired) electrons. The Morgan fingerprint density at radius 2 is 2.03 bits per heavy atom. The number of likely N-dealkylation sites (N-methyl/N-ethyl adjacent to an activating group) is 1. The highest BCUT2D eigenvalue weighted by molar-refractivity contribution is 7.18. The second-order valence-corrected chi connectivity index (χ2v) is 10.0. The predicted octanol–water partition coefficient (Wildman–Crippen LogP) is 2.55. The Balaban J connectivity index is 1.44. The number of rotatable bonds is 6. The average Bonchev–Trinajstić information content (AvgIpc) is 3.53. The Hall–Kier alpha value is -3.96. The number of benzene rings is 1. The van der Waals surface area contributed by atoms with Crippen LogP contribution in [0.1, 0.15) is 15.4 Å². The molecule has 0 saturated carbocycles. The van der Waals surface area contributed by atoms with Gasteiger partial charge in [0.25, 0.3) is 11.5 Å². The Morgan fingerprint density at radius 3 is 2.78 bits per heavy atom. The molecule has 10 nitrogen and oxygen atoms in total. The number of H-pyrrole nitrogens is 1. The molecule has 1 fully saturated rings. The van der Waals surface area contributed by atoms with E-state index in [1.54, 1.807) is 53.3 Å². The molecule has 0 atom stereocenters. The molecule has 1 aliphatic rings. The number of halogens is 1. The summed E-state index contributed by atoms with van der Waals surface area (Å²) < 4.78 is 2.16. The third-order valence-corrected chi connectivity index (χ3v) is 7.15. The molecule has 3 aromatic heterocycles. The van der Waals surface area contributed by atoms with E-state index in [0.717, 1.165) is 11.3 Å². The minimum atomic E-state index is -0.240. The number of hydrogen-bond acceptors (Lipinski definition) is 7. The van der Waals surface area contributed by atoms with Crippen molar-refractivity contribution in [3.05, 3.63) is 80.1 Å². The van der Waals surface area contributed by atoms with Crippen molar-refractivity contribution in [3.63, 3.8) is 0 Å². The van der Waals surface area contributed by atoms with Crippen molar-refractivity contribution < 1.29 is 9.59 Å². The third-order valence-electron chi connectivity index (χ3n) is 5.92. The molecule has 0 aliphatic carbocycles. The minimum absolute atomic E-state index is 0.00540. The summed E-state index contributed by atoms with van der Waals surface area (Å²) in [7, 11) is 1.78. The second kappa shape index (κ2) is 9.96. The van der Waals surface area contributed by atoms with E-state index >= 15 is 0 Å². The molecule has 1 saturated heterocycles.